The number of fused-ring (bicyclic) bond motifs is 3. The SMILES string of the molecule is O=C[C@H](CN1CCc2ccccc2C1)CN1CC2(CC2)c2ccc(NS(=O)(=O)c3ccccc3)cc2C1=O. The molecule has 0 bridgehead atoms. The van der Waals surface area contributed by atoms with Crippen molar-refractivity contribution in [1.29, 1.82) is 0 Å². The number of nitrogens with one attached hydrogen (secondary N) is 1. The lowest BCUT2D eigenvalue weighted by Crippen LogP contribution is -2.47. The molecule has 0 saturated heterocycles. The Morgan fingerprint density at radius 1 is 0.947 bits per heavy atom. The molecule has 38 heavy (non-hydrogen) atoms. The van der Waals surface area contributed by atoms with E-state index in [0.717, 1.165) is 44.2 Å². The second-order valence-corrected chi connectivity index (χ2v) is 12.5. The van der Waals surface area contributed by atoms with Crippen molar-refractivity contribution in [2.75, 3.05) is 30.9 Å². The zero-order valence-electron chi connectivity index (χ0n) is 21.2. The lowest BCUT2D eigenvalue weighted by molar-refractivity contribution is -0.112. The number of amides is 1. The first-order chi connectivity index (χ1) is 18.4. The highest BCUT2D eigenvalue weighted by Gasteiger charge is 2.51. The Morgan fingerprint density at radius 2 is 1.68 bits per heavy atom. The molecular weight excluding hydrogens is 498 g/mol. The second-order valence-electron chi connectivity index (χ2n) is 10.8. The van der Waals surface area contributed by atoms with Crippen molar-refractivity contribution >= 4 is 27.9 Å². The molecule has 3 aromatic carbocycles. The highest BCUT2D eigenvalue weighted by Crippen LogP contribution is 2.52. The first kappa shape index (κ1) is 24.8. The molecule has 8 heteroatoms. The third-order valence-corrected chi connectivity index (χ3v) is 9.51. The third kappa shape index (κ3) is 4.74. The van der Waals surface area contributed by atoms with E-state index in [1.165, 1.54) is 23.3 Å². The van der Waals surface area contributed by atoms with E-state index in [1.54, 1.807) is 30.3 Å². The van der Waals surface area contributed by atoms with Gasteiger partial charge in [0, 0.05) is 55.3 Å². The van der Waals surface area contributed by atoms with Gasteiger partial charge in [-0.25, -0.2) is 8.42 Å². The number of hydrogen-bond acceptors (Lipinski definition) is 5. The fourth-order valence-corrected chi connectivity index (χ4v) is 7.02. The normalized spacial score (nSPS) is 18.9. The summed E-state index contributed by atoms with van der Waals surface area (Å²) >= 11 is 0. The highest BCUT2D eigenvalue weighted by atomic mass is 32.2. The summed E-state index contributed by atoms with van der Waals surface area (Å²) in [5, 5.41) is 0. The van der Waals surface area contributed by atoms with Crippen LogP contribution in [0.2, 0.25) is 0 Å². The van der Waals surface area contributed by atoms with Crippen LogP contribution in [0.3, 0.4) is 0 Å². The van der Waals surface area contributed by atoms with Crippen molar-refractivity contribution in [3.8, 4) is 0 Å². The van der Waals surface area contributed by atoms with Crippen LogP contribution in [0, 0.1) is 5.92 Å². The van der Waals surface area contributed by atoms with Crippen LogP contribution in [0.25, 0.3) is 0 Å². The largest absolute Gasteiger partial charge is 0.337 e. The fraction of sp³-hybridized carbons (Fsp3) is 0.333. The quantitative estimate of drug-likeness (QED) is 0.448. The molecule has 196 valence electrons. The molecule has 2 aliphatic heterocycles. The third-order valence-electron chi connectivity index (χ3n) is 8.11. The number of rotatable bonds is 8. The van der Waals surface area contributed by atoms with Crippen molar-refractivity contribution in [2.24, 2.45) is 5.92 Å². The second kappa shape index (κ2) is 9.67. The number of nitrogens with zero attached hydrogens (tertiary/aromatic N) is 2. The molecule has 1 N–H and O–H groups in total. The zero-order valence-corrected chi connectivity index (χ0v) is 22.0. The Labute approximate surface area is 223 Å². The van der Waals surface area contributed by atoms with Gasteiger partial charge in [0.25, 0.3) is 15.9 Å². The Balaban J connectivity index is 1.19. The summed E-state index contributed by atoms with van der Waals surface area (Å²) in [6.45, 7) is 3.28. The van der Waals surface area contributed by atoms with E-state index < -0.39 is 10.0 Å². The molecule has 0 radical (unpaired) electrons. The number of sulfonamides is 1. The van der Waals surface area contributed by atoms with Crippen LogP contribution in [0.15, 0.2) is 77.7 Å². The van der Waals surface area contributed by atoms with Crippen LogP contribution in [0.4, 0.5) is 5.69 Å². The molecule has 3 aromatic rings. The lowest BCUT2D eigenvalue weighted by Gasteiger charge is -2.37. The van der Waals surface area contributed by atoms with Gasteiger partial charge in [-0.2, -0.15) is 0 Å². The van der Waals surface area contributed by atoms with Crippen molar-refractivity contribution < 1.29 is 18.0 Å². The molecule has 0 unspecified atom stereocenters. The number of hydrogen-bond donors (Lipinski definition) is 1. The fourth-order valence-electron chi connectivity index (χ4n) is 5.95. The Morgan fingerprint density at radius 3 is 2.42 bits per heavy atom. The molecule has 1 fully saturated rings. The molecule has 7 nitrogen and oxygen atoms in total. The van der Waals surface area contributed by atoms with Gasteiger partial charge in [-0.05, 0) is 60.2 Å². The first-order valence-corrected chi connectivity index (χ1v) is 14.6. The van der Waals surface area contributed by atoms with E-state index in [-0.39, 0.29) is 22.1 Å². The van der Waals surface area contributed by atoms with Gasteiger partial charge in [0.05, 0.1) is 4.90 Å². The minimum atomic E-state index is -3.77. The predicted octanol–water partition coefficient (Wildman–Crippen LogP) is 3.85. The van der Waals surface area contributed by atoms with Crippen LogP contribution in [0.1, 0.15) is 39.9 Å². The van der Waals surface area contributed by atoms with Gasteiger partial charge < -0.3 is 9.69 Å². The predicted molar refractivity (Wildman–Crippen MR) is 145 cm³/mol. The summed E-state index contributed by atoms with van der Waals surface area (Å²) in [6.07, 6.45) is 3.90. The van der Waals surface area contributed by atoms with Crippen LogP contribution in [0.5, 0.6) is 0 Å². The number of benzene rings is 3. The van der Waals surface area contributed by atoms with Gasteiger partial charge in [0.15, 0.2) is 0 Å². The van der Waals surface area contributed by atoms with E-state index in [9.17, 15) is 18.0 Å². The summed E-state index contributed by atoms with van der Waals surface area (Å²) in [5.74, 6) is -0.435. The van der Waals surface area contributed by atoms with Gasteiger partial charge >= 0.3 is 0 Å². The van der Waals surface area contributed by atoms with Crippen LogP contribution in [-0.4, -0.2) is 56.6 Å². The minimum Gasteiger partial charge on any atom is -0.337 e. The van der Waals surface area contributed by atoms with Gasteiger partial charge in [0.2, 0.25) is 0 Å². The van der Waals surface area contributed by atoms with Crippen molar-refractivity contribution in [1.82, 2.24) is 9.80 Å². The maximum absolute atomic E-state index is 13.6. The summed E-state index contributed by atoms with van der Waals surface area (Å²) in [5.41, 5.74) is 4.43. The maximum Gasteiger partial charge on any atom is 0.261 e. The number of carbonyl (C=O) groups excluding carboxylic acids is 2. The standard InChI is InChI=1S/C30H31N3O4S/c34-20-22(17-32-15-12-23-6-4-5-7-24(23)19-32)18-33-21-30(13-14-30)28-11-10-25(16-27(28)29(33)35)31-38(36,37)26-8-2-1-3-9-26/h1-11,16,20,22,31H,12-15,17-19,21H2/t22-/m1/s1. The molecule has 1 aliphatic carbocycles. The molecule has 2 heterocycles. The number of carbonyl (C=O) groups is 2. The van der Waals surface area contributed by atoms with E-state index in [0.29, 0.717) is 30.9 Å². The van der Waals surface area contributed by atoms with Crippen LogP contribution >= 0.6 is 0 Å². The van der Waals surface area contributed by atoms with Crippen molar-refractivity contribution in [3.63, 3.8) is 0 Å². The summed E-state index contributed by atoms with van der Waals surface area (Å²) in [4.78, 5) is 30.0. The van der Waals surface area contributed by atoms with Gasteiger partial charge in [-0.15, -0.1) is 0 Å². The van der Waals surface area contributed by atoms with E-state index in [4.69, 9.17) is 0 Å². The van der Waals surface area contributed by atoms with Gasteiger partial charge in [-0.3, -0.25) is 14.4 Å². The molecule has 1 amide bonds. The Bertz CT molecular complexity index is 1480. The van der Waals surface area contributed by atoms with Crippen LogP contribution in [-0.2, 0) is 33.2 Å². The number of anilines is 1. The summed E-state index contributed by atoms with van der Waals surface area (Å²) in [6, 6.07) is 21.9. The maximum atomic E-state index is 13.6. The molecule has 3 aliphatic rings. The topological polar surface area (TPSA) is 86.8 Å². The van der Waals surface area contributed by atoms with E-state index in [2.05, 4.69) is 27.8 Å². The Kier molecular flexibility index (Phi) is 6.32. The van der Waals surface area contributed by atoms with E-state index in [1.807, 2.05) is 17.0 Å². The minimum absolute atomic E-state index is 0.0996. The Hall–Kier alpha value is -3.49. The van der Waals surface area contributed by atoms with Gasteiger partial charge in [0.1, 0.15) is 6.29 Å². The van der Waals surface area contributed by atoms with Crippen LogP contribution < -0.4 is 4.72 Å². The smallest absolute Gasteiger partial charge is 0.261 e. The molecule has 0 aromatic heterocycles. The number of aldehydes is 1. The van der Waals surface area contributed by atoms with Gasteiger partial charge in [-0.1, -0.05) is 48.5 Å². The molecule has 1 saturated carbocycles. The zero-order chi connectivity index (χ0) is 26.3. The van der Waals surface area contributed by atoms with Crippen molar-refractivity contribution in [2.45, 2.75) is 36.1 Å². The van der Waals surface area contributed by atoms with E-state index >= 15 is 0 Å². The average molecular weight is 530 g/mol. The molecule has 1 spiro atoms. The first-order valence-electron chi connectivity index (χ1n) is 13.1. The highest BCUT2D eigenvalue weighted by molar-refractivity contribution is 7.92. The van der Waals surface area contributed by atoms with Crippen molar-refractivity contribution in [3.05, 3.63) is 95.1 Å². The average Bonchev–Trinajstić information content (AvgIpc) is 3.71. The molecule has 6 rings (SSSR count). The summed E-state index contributed by atoms with van der Waals surface area (Å²) < 4.78 is 28.3. The molecule has 1 atom stereocenters. The molecular formula is C30H31N3O4S. The monoisotopic (exact) mass is 529 g/mol. The summed E-state index contributed by atoms with van der Waals surface area (Å²) in [7, 11) is -3.77. The lowest BCUT2D eigenvalue weighted by atomic mass is 9.85.